The van der Waals surface area contributed by atoms with Crippen molar-refractivity contribution in [2.75, 3.05) is 18.9 Å². The molecule has 2 rings (SSSR count). The van der Waals surface area contributed by atoms with Gasteiger partial charge in [-0.25, -0.2) is 0 Å². The van der Waals surface area contributed by atoms with E-state index in [0.29, 0.717) is 11.3 Å². The van der Waals surface area contributed by atoms with Crippen LogP contribution in [0.2, 0.25) is 0 Å². The molecule has 2 atom stereocenters. The minimum atomic E-state index is 0.524. The van der Waals surface area contributed by atoms with Crippen LogP contribution in [-0.2, 0) is 0 Å². The molecule has 82 valence electrons. The van der Waals surface area contributed by atoms with Gasteiger partial charge in [-0.15, -0.1) is 11.8 Å². The van der Waals surface area contributed by atoms with Gasteiger partial charge in [-0.1, -0.05) is 12.1 Å². The molecular formula is C12H18N2S. The molecule has 1 aliphatic rings. The highest BCUT2D eigenvalue weighted by Gasteiger charge is 2.25. The lowest BCUT2D eigenvalue weighted by molar-refractivity contribution is 0.664. The fourth-order valence-electron chi connectivity index (χ4n) is 1.93. The number of hydrogen-bond acceptors (Lipinski definition) is 3. The van der Waals surface area contributed by atoms with Gasteiger partial charge >= 0.3 is 0 Å². The number of hydrogen-bond donors (Lipinski definition) is 2. The van der Waals surface area contributed by atoms with Crippen LogP contribution in [0.15, 0.2) is 23.1 Å². The minimum absolute atomic E-state index is 0.524. The smallest absolute Gasteiger partial charge is 0.0510 e. The summed E-state index contributed by atoms with van der Waals surface area (Å²) in [6.07, 6.45) is 0. The van der Waals surface area contributed by atoms with Gasteiger partial charge in [0.05, 0.1) is 5.69 Å². The standard InChI is InChI=1S/C12H18N2S/c1-8-5-4-6-10-12(8)14-9(2)11(15-10)7-13-3/h4-6,9,11,13-14H,7H2,1-3H3. The van der Waals surface area contributed by atoms with Gasteiger partial charge in [0.2, 0.25) is 0 Å². The van der Waals surface area contributed by atoms with Crippen LogP contribution >= 0.6 is 11.8 Å². The molecular weight excluding hydrogens is 204 g/mol. The zero-order valence-electron chi connectivity index (χ0n) is 9.50. The van der Waals surface area contributed by atoms with Crippen LogP contribution in [0.4, 0.5) is 5.69 Å². The second-order valence-corrected chi connectivity index (χ2v) is 5.38. The van der Waals surface area contributed by atoms with Crippen molar-refractivity contribution in [2.24, 2.45) is 0 Å². The number of fused-ring (bicyclic) bond motifs is 1. The molecule has 0 aromatic heterocycles. The van der Waals surface area contributed by atoms with E-state index in [4.69, 9.17) is 0 Å². The van der Waals surface area contributed by atoms with Crippen LogP contribution in [0.25, 0.3) is 0 Å². The number of nitrogens with one attached hydrogen (secondary N) is 2. The largest absolute Gasteiger partial charge is 0.380 e. The second kappa shape index (κ2) is 4.45. The number of aryl methyl sites for hydroxylation is 1. The molecule has 0 amide bonds. The van der Waals surface area contributed by atoms with E-state index < -0.39 is 0 Å². The number of para-hydroxylation sites is 1. The van der Waals surface area contributed by atoms with Crippen LogP contribution < -0.4 is 10.6 Å². The van der Waals surface area contributed by atoms with Crippen molar-refractivity contribution in [1.82, 2.24) is 5.32 Å². The van der Waals surface area contributed by atoms with E-state index in [2.05, 4.69) is 42.7 Å². The SMILES string of the molecule is CNCC1Sc2cccc(C)c2NC1C. The Morgan fingerprint density at radius 1 is 1.47 bits per heavy atom. The molecule has 0 radical (unpaired) electrons. The molecule has 2 unspecified atom stereocenters. The summed E-state index contributed by atoms with van der Waals surface area (Å²) in [7, 11) is 2.01. The first kappa shape index (κ1) is 10.8. The van der Waals surface area contributed by atoms with E-state index in [0.717, 1.165) is 6.54 Å². The summed E-state index contributed by atoms with van der Waals surface area (Å²) in [5.41, 5.74) is 2.66. The zero-order valence-corrected chi connectivity index (χ0v) is 10.3. The molecule has 1 aliphatic heterocycles. The monoisotopic (exact) mass is 222 g/mol. The van der Waals surface area contributed by atoms with Gasteiger partial charge in [0, 0.05) is 22.7 Å². The summed E-state index contributed by atoms with van der Waals surface area (Å²) in [6, 6.07) is 7.03. The van der Waals surface area contributed by atoms with Gasteiger partial charge in [-0.2, -0.15) is 0 Å². The Morgan fingerprint density at radius 3 is 3.00 bits per heavy atom. The first-order valence-corrected chi connectivity index (χ1v) is 6.27. The Balaban J connectivity index is 2.25. The van der Waals surface area contributed by atoms with E-state index in [1.807, 2.05) is 18.8 Å². The molecule has 1 heterocycles. The fourth-order valence-corrected chi connectivity index (χ4v) is 3.27. The van der Waals surface area contributed by atoms with E-state index in [1.54, 1.807) is 0 Å². The molecule has 0 bridgehead atoms. The van der Waals surface area contributed by atoms with Crippen molar-refractivity contribution in [3.8, 4) is 0 Å². The summed E-state index contributed by atoms with van der Waals surface area (Å²) < 4.78 is 0. The maximum atomic E-state index is 3.60. The summed E-state index contributed by atoms with van der Waals surface area (Å²) in [5.74, 6) is 0. The van der Waals surface area contributed by atoms with Gasteiger partial charge in [0.15, 0.2) is 0 Å². The molecule has 0 saturated heterocycles. The van der Waals surface area contributed by atoms with Crippen molar-refractivity contribution < 1.29 is 0 Å². The topological polar surface area (TPSA) is 24.1 Å². The van der Waals surface area contributed by atoms with Crippen LogP contribution in [0.5, 0.6) is 0 Å². The quantitative estimate of drug-likeness (QED) is 0.804. The van der Waals surface area contributed by atoms with E-state index in [9.17, 15) is 0 Å². The Bertz CT molecular complexity index is 351. The fraction of sp³-hybridized carbons (Fsp3) is 0.500. The third-order valence-electron chi connectivity index (χ3n) is 2.85. The van der Waals surface area contributed by atoms with Crippen molar-refractivity contribution in [1.29, 1.82) is 0 Å². The highest BCUT2D eigenvalue weighted by Crippen LogP contribution is 2.39. The van der Waals surface area contributed by atoms with Crippen LogP contribution in [0.3, 0.4) is 0 Å². The van der Waals surface area contributed by atoms with Crippen LogP contribution in [0, 0.1) is 6.92 Å². The molecule has 1 aromatic carbocycles. The minimum Gasteiger partial charge on any atom is -0.380 e. The van der Waals surface area contributed by atoms with Gasteiger partial charge < -0.3 is 10.6 Å². The Hall–Kier alpha value is -0.670. The maximum Gasteiger partial charge on any atom is 0.0510 e. The van der Waals surface area contributed by atoms with Gasteiger partial charge in [0.25, 0.3) is 0 Å². The molecule has 15 heavy (non-hydrogen) atoms. The first-order valence-electron chi connectivity index (χ1n) is 5.40. The zero-order chi connectivity index (χ0) is 10.8. The van der Waals surface area contributed by atoms with Crippen molar-refractivity contribution in [2.45, 2.75) is 30.0 Å². The first-order chi connectivity index (χ1) is 7.22. The average molecular weight is 222 g/mol. The van der Waals surface area contributed by atoms with Gasteiger partial charge in [-0.3, -0.25) is 0 Å². The Kier molecular flexibility index (Phi) is 3.22. The van der Waals surface area contributed by atoms with E-state index in [1.165, 1.54) is 16.1 Å². The molecule has 3 heteroatoms. The third-order valence-corrected chi connectivity index (χ3v) is 4.32. The molecule has 0 fully saturated rings. The van der Waals surface area contributed by atoms with Gasteiger partial charge in [-0.05, 0) is 32.5 Å². The number of rotatable bonds is 2. The molecule has 0 saturated carbocycles. The molecule has 2 N–H and O–H groups in total. The number of anilines is 1. The molecule has 1 aromatic rings. The van der Waals surface area contributed by atoms with E-state index >= 15 is 0 Å². The lowest BCUT2D eigenvalue weighted by Crippen LogP contribution is -2.38. The Morgan fingerprint density at radius 2 is 2.27 bits per heavy atom. The third kappa shape index (κ3) is 2.13. The summed E-state index contributed by atoms with van der Waals surface area (Å²) in [5, 5.41) is 7.47. The lowest BCUT2D eigenvalue weighted by Gasteiger charge is -2.32. The Labute approximate surface area is 95.8 Å². The van der Waals surface area contributed by atoms with Crippen molar-refractivity contribution in [3.05, 3.63) is 23.8 Å². The number of thioether (sulfide) groups is 1. The lowest BCUT2D eigenvalue weighted by atomic mass is 10.1. The molecule has 0 aliphatic carbocycles. The normalized spacial score (nSPS) is 24.5. The summed E-state index contributed by atoms with van der Waals surface area (Å²) >= 11 is 1.98. The predicted molar refractivity (Wildman–Crippen MR) is 67.8 cm³/mol. The van der Waals surface area contributed by atoms with Crippen LogP contribution in [-0.4, -0.2) is 24.9 Å². The highest BCUT2D eigenvalue weighted by molar-refractivity contribution is 8.00. The van der Waals surface area contributed by atoms with Crippen molar-refractivity contribution in [3.63, 3.8) is 0 Å². The summed E-state index contributed by atoms with van der Waals surface area (Å²) in [4.78, 5) is 1.38. The summed E-state index contributed by atoms with van der Waals surface area (Å²) in [6.45, 7) is 5.47. The van der Waals surface area contributed by atoms with Crippen LogP contribution in [0.1, 0.15) is 12.5 Å². The van der Waals surface area contributed by atoms with Gasteiger partial charge in [0.1, 0.15) is 0 Å². The number of benzene rings is 1. The molecule has 2 nitrogen and oxygen atoms in total. The maximum absolute atomic E-state index is 3.60. The average Bonchev–Trinajstić information content (AvgIpc) is 2.21. The highest BCUT2D eigenvalue weighted by atomic mass is 32.2. The van der Waals surface area contributed by atoms with E-state index in [-0.39, 0.29) is 0 Å². The van der Waals surface area contributed by atoms with Crippen molar-refractivity contribution >= 4 is 17.4 Å². The second-order valence-electron chi connectivity index (χ2n) is 4.10. The molecule has 0 spiro atoms. The predicted octanol–water partition coefficient (Wildman–Crippen LogP) is 2.49.